The standard InChI is InChI=1S/C12H9BrClFO/c13-12-10(5-6-16-12)11(14)7-8-1-3-9(15)4-2-8/h1-6,11H,7H2. The fourth-order valence-corrected chi connectivity index (χ4v) is 2.46. The van der Waals surface area contributed by atoms with Crippen molar-refractivity contribution in [3.05, 3.63) is 58.2 Å². The molecule has 1 atom stereocenters. The van der Waals surface area contributed by atoms with E-state index >= 15 is 0 Å². The van der Waals surface area contributed by atoms with Crippen molar-refractivity contribution >= 4 is 27.5 Å². The van der Waals surface area contributed by atoms with Gasteiger partial charge in [0.2, 0.25) is 0 Å². The molecule has 16 heavy (non-hydrogen) atoms. The zero-order chi connectivity index (χ0) is 11.5. The lowest BCUT2D eigenvalue weighted by Gasteiger charge is -2.07. The largest absolute Gasteiger partial charge is 0.457 e. The van der Waals surface area contributed by atoms with Crippen LogP contribution in [0.3, 0.4) is 0 Å². The molecule has 0 amide bonds. The molecule has 1 aromatic carbocycles. The summed E-state index contributed by atoms with van der Waals surface area (Å²) in [5, 5.41) is -0.182. The molecule has 1 aromatic heterocycles. The fraction of sp³-hybridized carbons (Fsp3) is 0.167. The van der Waals surface area contributed by atoms with Crippen molar-refractivity contribution in [1.29, 1.82) is 0 Å². The van der Waals surface area contributed by atoms with Gasteiger partial charge in [-0.2, -0.15) is 0 Å². The van der Waals surface area contributed by atoms with Gasteiger partial charge in [-0.05, 0) is 46.1 Å². The number of halogens is 3. The summed E-state index contributed by atoms with van der Waals surface area (Å²) in [6, 6.07) is 8.16. The number of hydrogen-bond donors (Lipinski definition) is 0. The lowest BCUT2D eigenvalue weighted by Crippen LogP contribution is -1.95. The maximum Gasteiger partial charge on any atom is 0.173 e. The van der Waals surface area contributed by atoms with Gasteiger partial charge < -0.3 is 4.42 Å². The third-order valence-electron chi connectivity index (χ3n) is 2.31. The predicted molar refractivity (Wildman–Crippen MR) is 65.1 cm³/mol. The Morgan fingerprint density at radius 1 is 1.25 bits per heavy atom. The molecular weight excluding hydrogens is 294 g/mol. The quantitative estimate of drug-likeness (QED) is 0.749. The summed E-state index contributed by atoms with van der Waals surface area (Å²) in [6.07, 6.45) is 2.22. The minimum absolute atomic E-state index is 0.182. The topological polar surface area (TPSA) is 13.1 Å². The molecule has 0 spiro atoms. The summed E-state index contributed by atoms with van der Waals surface area (Å²) in [5.41, 5.74) is 1.90. The van der Waals surface area contributed by atoms with Crippen LogP contribution in [-0.4, -0.2) is 0 Å². The molecule has 0 aliphatic carbocycles. The average molecular weight is 304 g/mol. The van der Waals surface area contributed by atoms with E-state index in [9.17, 15) is 4.39 Å². The molecule has 0 radical (unpaired) electrons. The van der Waals surface area contributed by atoms with E-state index in [-0.39, 0.29) is 11.2 Å². The first-order chi connectivity index (χ1) is 7.66. The first-order valence-corrected chi connectivity index (χ1v) is 6.01. The van der Waals surface area contributed by atoms with Crippen LogP contribution in [0.15, 0.2) is 45.7 Å². The zero-order valence-corrected chi connectivity index (χ0v) is 10.6. The van der Waals surface area contributed by atoms with Gasteiger partial charge >= 0.3 is 0 Å². The molecule has 1 unspecified atom stereocenters. The van der Waals surface area contributed by atoms with Gasteiger partial charge in [0, 0.05) is 5.56 Å². The van der Waals surface area contributed by atoms with E-state index in [1.165, 1.54) is 12.1 Å². The molecule has 2 rings (SSSR count). The highest BCUT2D eigenvalue weighted by Gasteiger charge is 2.14. The van der Waals surface area contributed by atoms with Crippen LogP contribution in [0.1, 0.15) is 16.5 Å². The smallest absolute Gasteiger partial charge is 0.173 e. The van der Waals surface area contributed by atoms with Gasteiger partial charge in [0.05, 0.1) is 11.6 Å². The molecular formula is C12H9BrClFO. The van der Waals surface area contributed by atoms with E-state index in [1.807, 2.05) is 6.07 Å². The Kier molecular flexibility index (Phi) is 3.66. The van der Waals surface area contributed by atoms with Gasteiger partial charge in [-0.25, -0.2) is 4.39 Å². The molecule has 0 aliphatic heterocycles. The van der Waals surface area contributed by atoms with Crippen molar-refractivity contribution in [2.75, 3.05) is 0 Å². The second-order valence-electron chi connectivity index (χ2n) is 3.45. The highest BCUT2D eigenvalue weighted by molar-refractivity contribution is 9.10. The van der Waals surface area contributed by atoms with Crippen LogP contribution < -0.4 is 0 Å². The van der Waals surface area contributed by atoms with E-state index in [0.29, 0.717) is 11.1 Å². The van der Waals surface area contributed by atoms with Crippen LogP contribution >= 0.6 is 27.5 Å². The molecule has 0 bridgehead atoms. The Labute approximate surface area is 106 Å². The van der Waals surface area contributed by atoms with E-state index < -0.39 is 0 Å². The second kappa shape index (κ2) is 5.02. The van der Waals surface area contributed by atoms with Crippen LogP contribution in [0.5, 0.6) is 0 Å². The van der Waals surface area contributed by atoms with Crippen molar-refractivity contribution in [2.24, 2.45) is 0 Å². The van der Waals surface area contributed by atoms with E-state index in [1.54, 1.807) is 18.4 Å². The Morgan fingerprint density at radius 2 is 1.94 bits per heavy atom. The molecule has 2 aromatic rings. The van der Waals surface area contributed by atoms with Crippen molar-refractivity contribution in [1.82, 2.24) is 0 Å². The Bertz CT molecular complexity index is 466. The number of benzene rings is 1. The Hall–Kier alpha value is -0.800. The Balaban J connectivity index is 2.10. The van der Waals surface area contributed by atoms with Gasteiger partial charge in [0.15, 0.2) is 4.67 Å². The molecule has 0 saturated carbocycles. The zero-order valence-electron chi connectivity index (χ0n) is 8.29. The molecule has 0 N–H and O–H groups in total. The van der Waals surface area contributed by atoms with Crippen LogP contribution in [0, 0.1) is 5.82 Å². The SMILES string of the molecule is Fc1ccc(CC(Cl)c2ccoc2Br)cc1. The van der Waals surface area contributed by atoms with Crippen molar-refractivity contribution in [2.45, 2.75) is 11.8 Å². The summed E-state index contributed by atoms with van der Waals surface area (Å²) in [6.45, 7) is 0. The van der Waals surface area contributed by atoms with Crippen molar-refractivity contribution in [3.8, 4) is 0 Å². The van der Waals surface area contributed by atoms with Crippen molar-refractivity contribution in [3.63, 3.8) is 0 Å². The maximum atomic E-state index is 12.7. The number of alkyl halides is 1. The van der Waals surface area contributed by atoms with Crippen molar-refractivity contribution < 1.29 is 8.81 Å². The summed E-state index contributed by atoms with van der Waals surface area (Å²) in [5.74, 6) is -0.237. The van der Waals surface area contributed by atoms with Gasteiger partial charge in [0.25, 0.3) is 0 Å². The van der Waals surface area contributed by atoms with Gasteiger partial charge in [-0.15, -0.1) is 11.6 Å². The molecule has 4 heteroatoms. The lowest BCUT2D eigenvalue weighted by atomic mass is 10.1. The first-order valence-electron chi connectivity index (χ1n) is 4.78. The molecule has 84 valence electrons. The van der Waals surface area contributed by atoms with E-state index in [2.05, 4.69) is 15.9 Å². The van der Waals surface area contributed by atoms with Crippen LogP contribution in [-0.2, 0) is 6.42 Å². The Morgan fingerprint density at radius 3 is 2.50 bits per heavy atom. The normalized spacial score (nSPS) is 12.7. The lowest BCUT2D eigenvalue weighted by molar-refractivity contribution is 0.536. The highest BCUT2D eigenvalue weighted by Crippen LogP contribution is 2.31. The van der Waals surface area contributed by atoms with E-state index in [0.717, 1.165) is 11.1 Å². The minimum atomic E-state index is -0.237. The maximum absolute atomic E-state index is 12.7. The third kappa shape index (κ3) is 2.66. The summed E-state index contributed by atoms with van der Waals surface area (Å²) < 4.78 is 18.5. The van der Waals surface area contributed by atoms with Crippen LogP contribution in [0.25, 0.3) is 0 Å². The summed E-state index contributed by atoms with van der Waals surface area (Å²) >= 11 is 9.52. The molecule has 1 nitrogen and oxygen atoms in total. The fourth-order valence-electron chi connectivity index (χ4n) is 1.47. The van der Waals surface area contributed by atoms with E-state index in [4.69, 9.17) is 16.0 Å². The third-order valence-corrected chi connectivity index (χ3v) is 3.35. The van der Waals surface area contributed by atoms with Crippen LogP contribution in [0.2, 0.25) is 0 Å². The second-order valence-corrected chi connectivity index (χ2v) is 4.69. The van der Waals surface area contributed by atoms with Gasteiger partial charge in [0.1, 0.15) is 5.82 Å². The van der Waals surface area contributed by atoms with Gasteiger partial charge in [-0.1, -0.05) is 12.1 Å². The molecule has 0 saturated heterocycles. The minimum Gasteiger partial charge on any atom is -0.457 e. The van der Waals surface area contributed by atoms with Gasteiger partial charge in [-0.3, -0.25) is 0 Å². The number of hydrogen-bond acceptors (Lipinski definition) is 1. The summed E-state index contributed by atoms with van der Waals surface area (Å²) in [4.78, 5) is 0. The predicted octanol–water partition coefficient (Wildman–Crippen LogP) is 4.70. The number of furan rings is 1. The molecule has 0 aliphatic rings. The monoisotopic (exact) mass is 302 g/mol. The van der Waals surface area contributed by atoms with Crippen LogP contribution in [0.4, 0.5) is 4.39 Å². The molecule has 1 heterocycles. The highest BCUT2D eigenvalue weighted by atomic mass is 79.9. The average Bonchev–Trinajstić information content (AvgIpc) is 2.68. The molecule has 0 fully saturated rings. The number of rotatable bonds is 3. The summed E-state index contributed by atoms with van der Waals surface area (Å²) in [7, 11) is 0. The first kappa shape index (κ1) is 11.7.